The average molecular weight is 303 g/mol. The van der Waals surface area contributed by atoms with Gasteiger partial charge in [-0.25, -0.2) is 9.37 Å². The van der Waals surface area contributed by atoms with E-state index in [4.69, 9.17) is 0 Å². The monoisotopic (exact) mass is 303 g/mol. The van der Waals surface area contributed by atoms with Crippen molar-refractivity contribution in [1.82, 2.24) is 9.88 Å². The fraction of sp³-hybridized carbons (Fsp3) is 0.250. The average Bonchev–Trinajstić information content (AvgIpc) is 2.48. The number of amides is 1. The molecule has 2 N–H and O–H groups in total. The van der Waals surface area contributed by atoms with Crippen LogP contribution in [0.4, 0.5) is 10.2 Å². The second-order valence-electron chi connectivity index (χ2n) is 5.20. The highest BCUT2D eigenvalue weighted by Crippen LogP contribution is 2.28. The van der Waals surface area contributed by atoms with Crippen LogP contribution in [0.25, 0.3) is 11.1 Å². The minimum absolute atomic E-state index is 0.0971. The molecule has 2 rings (SSSR count). The van der Waals surface area contributed by atoms with Gasteiger partial charge in [0, 0.05) is 25.9 Å². The normalized spacial score (nSPS) is 11.8. The van der Waals surface area contributed by atoms with Gasteiger partial charge in [-0.15, -0.1) is 0 Å². The van der Waals surface area contributed by atoms with E-state index in [0.717, 1.165) is 0 Å². The number of benzene rings is 1. The van der Waals surface area contributed by atoms with Crippen molar-refractivity contribution in [3.63, 3.8) is 0 Å². The Hall–Kier alpha value is -2.63. The van der Waals surface area contributed by atoms with Crippen molar-refractivity contribution < 1.29 is 14.3 Å². The number of halogens is 1. The highest BCUT2D eigenvalue weighted by Gasteiger charge is 2.17. The Labute approximate surface area is 128 Å². The summed E-state index contributed by atoms with van der Waals surface area (Å²) in [5.74, 6) is -0.372. The number of aromatic hydroxyl groups is 1. The molecule has 1 aromatic heterocycles. The molecular formula is C16H18FN3O2. The number of anilines is 1. The van der Waals surface area contributed by atoms with Gasteiger partial charge in [-0.3, -0.25) is 4.79 Å². The maximum Gasteiger partial charge on any atom is 0.244 e. The highest BCUT2D eigenvalue weighted by molar-refractivity contribution is 5.84. The van der Waals surface area contributed by atoms with Crippen molar-refractivity contribution in [2.24, 2.45) is 0 Å². The number of hydrogen-bond acceptors (Lipinski definition) is 4. The molecule has 0 aliphatic heterocycles. The highest BCUT2D eigenvalue weighted by atomic mass is 19.1. The number of likely N-dealkylation sites (N-methyl/N-ethyl adjacent to an activating group) is 1. The fourth-order valence-electron chi connectivity index (χ4n) is 2.04. The molecule has 1 amide bonds. The Bertz CT molecular complexity index is 689. The molecular weight excluding hydrogens is 285 g/mol. The van der Waals surface area contributed by atoms with Gasteiger partial charge in [0.25, 0.3) is 0 Å². The molecule has 0 fully saturated rings. The number of nitrogens with zero attached hydrogens (tertiary/aromatic N) is 2. The van der Waals surface area contributed by atoms with Crippen molar-refractivity contribution in [3.05, 3.63) is 42.3 Å². The van der Waals surface area contributed by atoms with Crippen LogP contribution in [0.2, 0.25) is 0 Å². The predicted molar refractivity (Wildman–Crippen MR) is 83.1 cm³/mol. The summed E-state index contributed by atoms with van der Waals surface area (Å²) in [5, 5.41) is 12.9. The van der Waals surface area contributed by atoms with Crippen LogP contribution in [-0.4, -0.2) is 41.0 Å². The van der Waals surface area contributed by atoms with E-state index in [0.29, 0.717) is 11.1 Å². The number of aromatic nitrogens is 1. The zero-order chi connectivity index (χ0) is 16.3. The smallest absolute Gasteiger partial charge is 0.244 e. The van der Waals surface area contributed by atoms with Crippen molar-refractivity contribution in [1.29, 1.82) is 0 Å². The summed E-state index contributed by atoms with van der Waals surface area (Å²) in [7, 11) is 3.31. The van der Waals surface area contributed by atoms with Crippen LogP contribution in [-0.2, 0) is 4.79 Å². The molecule has 0 spiro atoms. The summed E-state index contributed by atoms with van der Waals surface area (Å²) in [5.41, 5.74) is 1.21. The van der Waals surface area contributed by atoms with Gasteiger partial charge in [-0.05, 0) is 30.7 Å². The maximum absolute atomic E-state index is 13.2. The molecule has 1 aromatic carbocycles. The first-order chi connectivity index (χ1) is 10.4. The van der Waals surface area contributed by atoms with Crippen LogP contribution in [0.15, 0.2) is 36.5 Å². The molecule has 0 saturated heterocycles. The molecule has 0 aliphatic carbocycles. The van der Waals surface area contributed by atoms with Crippen molar-refractivity contribution in [3.8, 4) is 16.9 Å². The van der Waals surface area contributed by atoms with Crippen LogP contribution in [0.5, 0.6) is 5.75 Å². The van der Waals surface area contributed by atoms with Gasteiger partial charge in [0.15, 0.2) is 11.6 Å². The van der Waals surface area contributed by atoms with Gasteiger partial charge >= 0.3 is 0 Å². The zero-order valence-electron chi connectivity index (χ0n) is 12.7. The van der Waals surface area contributed by atoms with E-state index in [2.05, 4.69) is 10.3 Å². The maximum atomic E-state index is 13.2. The Morgan fingerprint density at radius 2 is 2.05 bits per heavy atom. The SMILES string of the molecule is CC(Nc1ncc(-c2cccc(F)c2)cc1O)C(=O)N(C)C. The lowest BCUT2D eigenvalue weighted by atomic mass is 10.1. The predicted octanol–water partition coefficient (Wildman–Crippen LogP) is 2.48. The van der Waals surface area contributed by atoms with E-state index in [1.54, 1.807) is 33.2 Å². The van der Waals surface area contributed by atoms with E-state index in [1.807, 2.05) is 0 Å². The van der Waals surface area contributed by atoms with E-state index in [9.17, 15) is 14.3 Å². The number of rotatable bonds is 4. The first-order valence-corrected chi connectivity index (χ1v) is 6.81. The fourth-order valence-corrected chi connectivity index (χ4v) is 2.04. The third-order valence-corrected chi connectivity index (χ3v) is 3.19. The minimum Gasteiger partial charge on any atom is -0.504 e. The van der Waals surface area contributed by atoms with E-state index in [-0.39, 0.29) is 23.3 Å². The lowest BCUT2D eigenvalue weighted by molar-refractivity contribution is -0.129. The second-order valence-corrected chi connectivity index (χ2v) is 5.20. The summed E-state index contributed by atoms with van der Waals surface area (Å²) in [6.45, 7) is 1.68. The molecule has 1 atom stereocenters. The van der Waals surface area contributed by atoms with Gasteiger partial charge in [0.2, 0.25) is 5.91 Å². The van der Waals surface area contributed by atoms with Gasteiger partial charge < -0.3 is 15.3 Å². The number of nitrogens with one attached hydrogen (secondary N) is 1. The number of hydrogen-bond donors (Lipinski definition) is 2. The molecule has 0 aliphatic rings. The molecule has 6 heteroatoms. The lowest BCUT2D eigenvalue weighted by Crippen LogP contribution is -2.36. The third-order valence-electron chi connectivity index (χ3n) is 3.19. The molecule has 0 radical (unpaired) electrons. The van der Waals surface area contributed by atoms with Crippen LogP contribution in [0.3, 0.4) is 0 Å². The minimum atomic E-state index is -0.520. The molecule has 5 nitrogen and oxygen atoms in total. The van der Waals surface area contributed by atoms with Gasteiger partial charge in [0.1, 0.15) is 11.9 Å². The summed E-state index contributed by atoms with van der Waals surface area (Å²) >= 11 is 0. The molecule has 1 unspecified atom stereocenters. The molecule has 0 saturated carbocycles. The molecule has 22 heavy (non-hydrogen) atoms. The Kier molecular flexibility index (Phi) is 4.60. The van der Waals surface area contributed by atoms with E-state index in [1.165, 1.54) is 29.3 Å². The quantitative estimate of drug-likeness (QED) is 0.910. The van der Waals surface area contributed by atoms with Gasteiger partial charge in [-0.2, -0.15) is 0 Å². The first-order valence-electron chi connectivity index (χ1n) is 6.81. The standard InChI is InChI=1S/C16H18FN3O2/c1-10(16(22)20(2)3)19-15-14(21)8-12(9-18-15)11-5-4-6-13(17)7-11/h4-10,21H,1-3H3,(H,18,19). The number of carbonyl (C=O) groups is 1. The van der Waals surface area contributed by atoms with Gasteiger partial charge in [-0.1, -0.05) is 12.1 Å². The Morgan fingerprint density at radius 1 is 1.32 bits per heavy atom. The number of pyridine rings is 1. The topological polar surface area (TPSA) is 65.5 Å². The summed E-state index contributed by atoms with van der Waals surface area (Å²) < 4.78 is 13.2. The van der Waals surface area contributed by atoms with Crippen molar-refractivity contribution >= 4 is 11.7 Å². The summed E-state index contributed by atoms with van der Waals surface area (Å²) in [6.07, 6.45) is 1.52. The first kappa shape index (κ1) is 15.8. The van der Waals surface area contributed by atoms with E-state index < -0.39 is 6.04 Å². The Balaban J connectivity index is 2.22. The molecule has 116 valence electrons. The molecule has 0 bridgehead atoms. The van der Waals surface area contributed by atoms with Crippen molar-refractivity contribution in [2.45, 2.75) is 13.0 Å². The molecule has 2 aromatic rings. The zero-order valence-corrected chi connectivity index (χ0v) is 12.7. The van der Waals surface area contributed by atoms with Crippen LogP contribution >= 0.6 is 0 Å². The van der Waals surface area contributed by atoms with Crippen LogP contribution in [0, 0.1) is 5.82 Å². The largest absolute Gasteiger partial charge is 0.504 e. The second kappa shape index (κ2) is 6.43. The van der Waals surface area contributed by atoms with Crippen LogP contribution < -0.4 is 5.32 Å². The molecule has 1 heterocycles. The third kappa shape index (κ3) is 3.52. The van der Waals surface area contributed by atoms with Crippen molar-refractivity contribution in [2.75, 3.05) is 19.4 Å². The van der Waals surface area contributed by atoms with Crippen LogP contribution in [0.1, 0.15) is 6.92 Å². The van der Waals surface area contributed by atoms with E-state index >= 15 is 0 Å². The number of carbonyl (C=O) groups excluding carboxylic acids is 1. The summed E-state index contributed by atoms with van der Waals surface area (Å²) in [4.78, 5) is 17.4. The lowest BCUT2D eigenvalue weighted by Gasteiger charge is -2.19. The van der Waals surface area contributed by atoms with Gasteiger partial charge in [0.05, 0.1) is 0 Å². The summed E-state index contributed by atoms with van der Waals surface area (Å²) in [6, 6.07) is 6.99. The Morgan fingerprint density at radius 3 is 2.64 bits per heavy atom.